The van der Waals surface area contributed by atoms with Crippen molar-refractivity contribution in [3.63, 3.8) is 0 Å². The Morgan fingerprint density at radius 3 is 2.55 bits per heavy atom. The van der Waals surface area contributed by atoms with E-state index in [1.165, 1.54) is 0 Å². The molecule has 0 aliphatic heterocycles. The van der Waals surface area contributed by atoms with Crippen LogP contribution in [-0.4, -0.2) is 11.0 Å². The normalized spacial score (nSPS) is 10.9. The topological polar surface area (TPSA) is 68.0 Å². The van der Waals surface area contributed by atoms with Crippen molar-refractivity contribution in [3.05, 3.63) is 71.9 Å². The number of carbonyl (C=O) groups excluding carboxylic acids is 1. The summed E-state index contributed by atoms with van der Waals surface area (Å²) in [5.41, 5.74) is 8.89. The monoisotopic (exact) mass is 289 g/mol. The summed E-state index contributed by atoms with van der Waals surface area (Å²) in [5, 5.41) is 3.66. The highest BCUT2D eigenvalue weighted by molar-refractivity contribution is 5.91. The van der Waals surface area contributed by atoms with Crippen molar-refractivity contribution in [3.8, 4) is 0 Å². The zero-order valence-corrected chi connectivity index (χ0v) is 11.9. The Morgan fingerprint density at radius 1 is 1.00 bits per heavy atom. The molecule has 22 heavy (non-hydrogen) atoms. The molecule has 1 heterocycles. The molecular weight excluding hydrogens is 274 g/mol. The molecule has 0 unspecified atom stereocenters. The number of amides is 2. The predicted molar refractivity (Wildman–Crippen MR) is 90.3 cm³/mol. The van der Waals surface area contributed by atoms with E-state index in [9.17, 15) is 4.79 Å². The van der Waals surface area contributed by atoms with Crippen molar-refractivity contribution < 1.29 is 4.79 Å². The Balaban J connectivity index is 1.85. The number of hydrogen-bond donors (Lipinski definition) is 2. The first-order valence-electron chi connectivity index (χ1n) is 6.91. The Labute approximate surface area is 128 Å². The van der Waals surface area contributed by atoms with Crippen LogP contribution in [0.4, 0.5) is 10.5 Å². The number of para-hydroxylation sites is 1. The van der Waals surface area contributed by atoms with Crippen molar-refractivity contribution >= 4 is 34.8 Å². The lowest BCUT2D eigenvalue weighted by Crippen LogP contribution is -2.19. The van der Waals surface area contributed by atoms with E-state index in [1.807, 2.05) is 60.8 Å². The van der Waals surface area contributed by atoms with Crippen LogP contribution in [0.3, 0.4) is 0 Å². The van der Waals surface area contributed by atoms with E-state index in [2.05, 4.69) is 22.4 Å². The van der Waals surface area contributed by atoms with Gasteiger partial charge in [-0.3, -0.25) is 4.98 Å². The summed E-state index contributed by atoms with van der Waals surface area (Å²) in [6, 6.07) is 16.9. The lowest BCUT2D eigenvalue weighted by atomic mass is 10.1. The Bertz CT molecular complexity index is 833. The van der Waals surface area contributed by atoms with E-state index in [0.717, 1.165) is 22.0 Å². The zero-order valence-electron chi connectivity index (χ0n) is 11.9. The Kier molecular flexibility index (Phi) is 3.83. The smallest absolute Gasteiger partial charge is 0.316 e. The molecule has 3 aromatic rings. The number of nitrogens with zero attached hydrogens (tertiary/aromatic N) is 1. The van der Waals surface area contributed by atoms with E-state index in [1.54, 1.807) is 0 Å². The molecule has 2 amide bonds. The first kappa shape index (κ1) is 13.8. The minimum absolute atomic E-state index is 0.563. The number of hydrogen-bond acceptors (Lipinski definition) is 2. The maximum atomic E-state index is 10.8. The number of nitrogens with two attached hydrogens (primary N) is 1. The molecule has 3 N–H and O–H groups in total. The van der Waals surface area contributed by atoms with E-state index in [0.29, 0.717) is 5.69 Å². The molecule has 0 aliphatic rings. The van der Waals surface area contributed by atoms with Gasteiger partial charge in [0.05, 0.1) is 5.52 Å². The number of primary amides is 1. The number of fused-ring (bicyclic) bond motifs is 1. The van der Waals surface area contributed by atoms with Gasteiger partial charge < -0.3 is 11.1 Å². The van der Waals surface area contributed by atoms with Gasteiger partial charge in [0, 0.05) is 17.3 Å². The SMILES string of the molecule is NC(=O)Nc1ccc(/C=C\c2ccnc3ccccc23)cc1. The van der Waals surface area contributed by atoms with Gasteiger partial charge in [-0.15, -0.1) is 0 Å². The summed E-state index contributed by atoms with van der Waals surface area (Å²) in [4.78, 5) is 15.1. The standard InChI is InChI=1S/C18H15N3O/c19-18(22)21-15-9-6-13(7-10-15)5-8-14-11-12-20-17-4-2-1-3-16(14)17/h1-12H,(H3,19,21,22)/b8-5-. The third-order valence-corrected chi connectivity index (χ3v) is 3.32. The van der Waals surface area contributed by atoms with Gasteiger partial charge in [0.15, 0.2) is 0 Å². The van der Waals surface area contributed by atoms with Crippen LogP contribution in [0.25, 0.3) is 23.1 Å². The molecule has 4 heteroatoms. The van der Waals surface area contributed by atoms with Crippen LogP contribution in [0.2, 0.25) is 0 Å². The van der Waals surface area contributed by atoms with Crippen molar-refractivity contribution in [2.45, 2.75) is 0 Å². The van der Waals surface area contributed by atoms with Crippen LogP contribution >= 0.6 is 0 Å². The molecule has 0 aliphatic carbocycles. The molecule has 0 bridgehead atoms. The summed E-state index contributed by atoms with van der Waals surface area (Å²) in [7, 11) is 0. The Hall–Kier alpha value is -3.14. The number of carbonyl (C=O) groups is 1. The number of benzene rings is 2. The molecule has 0 atom stereocenters. The van der Waals surface area contributed by atoms with Crippen LogP contribution in [0.5, 0.6) is 0 Å². The molecule has 0 fully saturated rings. The van der Waals surface area contributed by atoms with Gasteiger partial charge >= 0.3 is 6.03 Å². The summed E-state index contributed by atoms with van der Waals surface area (Å²) in [5.74, 6) is 0. The quantitative estimate of drug-likeness (QED) is 0.768. The fraction of sp³-hybridized carbons (Fsp3) is 0. The van der Waals surface area contributed by atoms with Crippen LogP contribution < -0.4 is 11.1 Å². The Morgan fingerprint density at radius 2 is 1.77 bits per heavy atom. The minimum atomic E-state index is -0.563. The molecular formula is C18H15N3O. The molecule has 3 rings (SSSR count). The fourth-order valence-corrected chi connectivity index (χ4v) is 2.27. The minimum Gasteiger partial charge on any atom is -0.351 e. The van der Waals surface area contributed by atoms with Crippen molar-refractivity contribution in [1.29, 1.82) is 0 Å². The third-order valence-electron chi connectivity index (χ3n) is 3.32. The first-order valence-corrected chi connectivity index (χ1v) is 6.91. The third kappa shape index (κ3) is 3.12. The predicted octanol–water partition coefficient (Wildman–Crippen LogP) is 3.90. The van der Waals surface area contributed by atoms with Crippen molar-refractivity contribution in [2.75, 3.05) is 5.32 Å². The number of pyridine rings is 1. The summed E-state index contributed by atoms with van der Waals surface area (Å²) in [6.07, 6.45) is 5.89. The van der Waals surface area contributed by atoms with E-state index < -0.39 is 6.03 Å². The van der Waals surface area contributed by atoms with E-state index >= 15 is 0 Å². The number of aromatic nitrogens is 1. The van der Waals surface area contributed by atoms with Crippen LogP contribution in [0.15, 0.2) is 60.8 Å². The molecule has 2 aromatic carbocycles. The average molecular weight is 289 g/mol. The van der Waals surface area contributed by atoms with E-state index in [4.69, 9.17) is 5.73 Å². The molecule has 0 spiro atoms. The summed E-state index contributed by atoms with van der Waals surface area (Å²) in [6.45, 7) is 0. The molecule has 0 saturated carbocycles. The van der Waals surface area contributed by atoms with Crippen molar-refractivity contribution in [2.24, 2.45) is 5.73 Å². The molecule has 4 nitrogen and oxygen atoms in total. The van der Waals surface area contributed by atoms with Crippen LogP contribution in [-0.2, 0) is 0 Å². The fourth-order valence-electron chi connectivity index (χ4n) is 2.27. The second-order valence-electron chi connectivity index (χ2n) is 4.86. The maximum absolute atomic E-state index is 10.8. The second-order valence-corrected chi connectivity index (χ2v) is 4.86. The van der Waals surface area contributed by atoms with E-state index in [-0.39, 0.29) is 0 Å². The maximum Gasteiger partial charge on any atom is 0.316 e. The van der Waals surface area contributed by atoms with Gasteiger partial charge in [-0.25, -0.2) is 4.79 Å². The number of nitrogens with one attached hydrogen (secondary N) is 1. The lowest BCUT2D eigenvalue weighted by Gasteiger charge is -2.02. The second kappa shape index (κ2) is 6.10. The lowest BCUT2D eigenvalue weighted by molar-refractivity contribution is 0.259. The number of anilines is 1. The molecule has 1 aromatic heterocycles. The highest BCUT2D eigenvalue weighted by atomic mass is 16.2. The summed E-state index contributed by atoms with van der Waals surface area (Å²) >= 11 is 0. The van der Waals surface area contributed by atoms with Gasteiger partial charge in [-0.1, -0.05) is 42.5 Å². The molecule has 108 valence electrons. The highest BCUT2D eigenvalue weighted by Crippen LogP contribution is 2.19. The summed E-state index contributed by atoms with van der Waals surface area (Å²) < 4.78 is 0. The highest BCUT2D eigenvalue weighted by Gasteiger charge is 1.98. The average Bonchev–Trinajstić information content (AvgIpc) is 2.54. The van der Waals surface area contributed by atoms with Gasteiger partial charge in [0.2, 0.25) is 0 Å². The van der Waals surface area contributed by atoms with Crippen LogP contribution in [0, 0.1) is 0 Å². The van der Waals surface area contributed by atoms with Crippen molar-refractivity contribution in [1.82, 2.24) is 4.98 Å². The molecule has 0 radical (unpaired) electrons. The largest absolute Gasteiger partial charge is 0.351 e. The van der Waals surface area contributed by atoms with Gasteiger partial charge in [-0.2, -0.15) is 0 Å². The number of urea groups is 1. The molecule has 0 saturated heterocycles. The number of rotatable bonds is 3. The first-order chi connectivity index (χ1) is 10.7. The zero-order chi connectivity index (χ0) is 15.4. The van der Waals surface area contributed by atoms with Gasteiger partial charge in [-0.05, 0) is 35.4 Å². The van der Waals surface area contributed by atoms with Gasteiger partial charge in [0.1, 0.15) is 0 Å². The van der Waals surface area contributed by atoms with Crippen LogP contribution in [0.1, 0.15) is 11.1 Å². The van der Waals surface area contributed by atoms with Gasteiger partial charge in [0.25, 0.3) is 0 Å².